The molecule has 0 bridgehead atoms. The summed E-state index contributed by atoms with van der Waals surface area (Å²) in [6, 6.07) is 11.6. The lowest BCUT2D eigenvalue weighted by molar-refractivity contribution is -0.111. The fourth-order valence-corrected chi connectivity index (χ4v) is 6.45. The summed E-state index contributed by atoms with van der Waals surface area (Å²) in [4.78, 5) is 26.1. The number of halogens is 1. The highest BCUT2D eigenvalue weighted by Gasteiger charge is 2.32. The Kier molecular flexibility index (Phi) is 8.54. The Balaban J connectivity index is 1.45. The minimum absolute atomic E-state index is 0.261. The molecular weight excluding hydrogens is 561 g/mol. The molecule has 12 heteroatoms. The van der Waals surface area contributed by atoms with Crippen molar-refractivity contribution in [2.75, 3.05) is 67.5 Å². The zero-order valence-corrected chi connectivity index (χ0v) is 25.1. The topological polar surface area (TPSA) is 112 Å². The van der Waals surface area contributed by atoms with Crippen molar-refractivity contribution in [3.05, 3.63) is 60.3 Å². The van der Waals surface area contributed by atoms with Crippen molar-refractivity contribution >= 4 is 64.5 Å². The number of para-hydroxylation sites is 1. The highest BCUT2D eigenvalue weighted by molar-refractivity contribution is 7.70. The molecule has 1 atom stereocenters. The molecule has 3 heterocycles. The van der Waals surface area contributed by atoms with E-state index in [1.54, 1.807) is 20.4 Å². The second-order valence-corrected chi connectivity index (χ2v) is 14.1. The van der Waals surface area contributed by atoms with Gasteiger partial charge in [0, 0.05) is 30.5 Å². The average molecular weight is 596 g/mol. The molecule has 0 radical (unpaired) electrons. The van der Waals surface area contributed by atoms with Crippen molar-refractivity contribution in [2.45, 2.75) is 18.9 Å². The van der Waals surface area contributed by atoms with Crippen LogP contribution in [0, 0.1) is 0 Å². The maximum atomic E-state index is 12.8. The van der Waals surface area contributed by atoms with E-state index in [4.69, 9.17) is 16.3 Å². The van der Waals surface area contributed by atoms with E-state index in [0.717, 1.165) is 38.3 Å². The summed E-state index contributed by atoms with van der Waals surface area (Å²) in [6.45, 7) is 11.1. The van der Waals surface area contributed by atoms with Crippen molar-refractivity contribution in [2.24, 2.45) is 0 Å². The summed E-state index contributed by atoms with van der Waals surface area (Å²) in [5.74, 6) is 0.879. The number of methoxy groups -OCH3 is 1. The minimum Gasteiger partial charge on any atom is -0.494 e. The van der Waals surface area contributed by atoms with Crippen LogP contribution in [0.3, 0.4) is 0 Å². The first-order valence-electron chi connectivity index (χ1n) is 13.5. The van der Waals surface area contributed by atoms with Gasteiger partial charge < -0.3 is 30.2 Å². The van der Waals surface area contributed by atoms with Gasteiger partial charge in [-0.25, -0.2) is 4.98 Å². The van der Waals surface area contributed by atoms with Gasteiger partial charge in [0.25, 0.3) is 0 Å². The smallest absolute Gasteiger partial charge is 0.247 e. The number of anilines is 6. The second-order valence-electron chi connectivity index (χ2n) is 10.5. The van der Waals surface area contributed by atoms with Crippen LogP contribution in [0.15, 0.2) is 55.3 Å². The summed E-state index contributed by atoms with van der Waals surface area (Å²) in [5.41, 5.74) is 2.73. The standard InChI is InChI=1S/C29H35ClN7O3P/c1-5-27(38)32-22-15-23(25(40-2)16-24(22)37-14-11-19(18-37)36-12-8-13-36)34-29-31-17-20(30)28(35-29)33-21-9-6-7-10-26(21)41(3,4)39/h5-7,9-10,15-17,19H,1,8,11-14,18H2,2-4H3,(H,32,38)(H2,31,33,34,35). The number of hydrogen-bond acceptors (Lipinski definition) is 9. The van der Waals surface area contributed by atoms with Gasteiger partial charge in [0.15, 0.2) is 5.82 Å². The quantitative estimate of drug-likeness (QED) is 0.213. The first-order valence-corrected chi connectivity index (χ1v) is 16.5. The van der Waals surface area contributed by atoms with E-state index in [0.29, 0.717) is 45.0 Å². The van der Waals surface area contributed by atoms with Gasteiger partial charge >= 0.3 is 0 Å². The molecule has 5 rings (SSSR count). The zero-order valence-electron chi connectivity index (χ0n) is 23.5. The van der Waals surface area contributed by atoms with Gasteiger partial charge in [-0.1, -0.05) is 30.3 Å². The van der Waals surface area contributed by atoms with Gasteiger partial charge in [-0.15, -0.1) is 0 Å². The molecule has 0 saturated carbocycles. The number of rotatable bonds is 10. The zero-order chi connectivity index (χ0) is 29.1. The molecule has 1 amide bonds. The van der Waals surface area contributed by atoms with Crippen LogP contribution in [0.5, 0.6) is 5.75 Å². The summed E-state index contributed by atoms with van der Waals surface area (Å²) in [7, 11) is -0.960. The van der Waals surface area contributed by atoms with Crippen LogP contribution in [0.4, 0.5) is 34.5 Å². The van der Waals surface area contributed by atoms with Crippen molar-refractivity contribution < 1.29 is 14.1 Å². The summed E-state index contributed by atoms with van der Waals surface area (Å²) >= 11 is 6.44. The van der Waals surface area contributed by atoms with Crippen molar-refractivity contribution in [3.8, 4) is 5.75 Å². The molecule has 2 aliphatic heterocycles. The molecule has 3 N–H and O–H groups in total. The molecule has 41 heavy (non-hydrogen) atoms. The van der Waals surface area contributed by atoms with Crippen LogP contribution >= 0.6 is 18.7 Å². The average Bonchev–Trinajstić information content (AvgIpc) is 3.38. The van der Waals surface area contributed by atoms with Gasteiger partial charge in [0.1, 0.15) is 17.9 Å². The molecule has 2 aliphatic rings. The van der Waals surface area contributed by atoms with Crippen LogP contribution < -0.4 is 30.9 Å². The molecule has 2 aromatic carbocycles. The lowest BCUT2D eigenvalue weighted by Crippen LogP contribution is -2.46. The van der Waals surface area contributed by atoms with E-state index in [1.165, 1.54) is 18.7 Å². The fraction of sp³-hybridized carbons (Fsp3) is 0.345. The van der Waals surface area contributed by atoms with Crippen molar-refractivity contribution in [3.63, 3.8) is 0 Å². The third kappa shape index (κ3) is 6.50. The number of amides is 1. The Morgan fingerprint density at radius 1 is 1.15 bits per heavy atom. The Morgan fingerprint density at radius 3 is 2.61 bits per heavy atom. The molecule has 216 valence electrons. The lowest BCUT2D eigenvalue weighted by atomic mass is 10.1. The summed E-state index contributed by atoms with van der Waals surface area (Å²) in [6.07, 6.45) is 5.05. The minimum atomic E-state index is -2.56. The highest BCUT2D eigenvalue weighted by Crippen LogP contribution is 2.41. The van der Waals surface area contributed by atoms with Crippen molar-refractivity contribution in [1.82, 2.24) is 14.9 Å². The van der Waals surface area contributed by atoms with Gasteiger partial charge in [-0.2, -0.15) is 4.98 Å². The Hall–Kier alpha value is -3.59. The van der Waals surface area contributed by atoms with E-state index in [2.05, 4.69) is 42.3 Å². The third-order valence-electron chi connectivity index (χ3n) is 7.40. The van der Waals surface area contributed by atoms with E-state index in [9.17, 15) is 9.36 Å². The monoisotopic (exact) mass is 595 g/mol. The number of benzene rings is 2. The molecular formula is C29H35ClN7O3P. The number of likely N-dealkylation sites (tertiary alicyclic amines) is 1. The third-order valence-corrected chi connectivity index (χ3v) is 9.23. The predicted octanol–water partition coefficient (Wildman–Crippen LogP) is 5.28. The van der Waals surface area contributed by atoms with E-state index >= 15 is 0 Å². The van der Waals surface area contributed by atoms with Crippen LogP contribution in [0.2, 0.25) is 5.02 Å². The molecule has 2 fully saturated rings. The second kappa shape index (κ2) is 12.1. The lowest BCUT2D eigenvalue weighted by Gasteiger charge is -2.36. The normalized spacial score (nSPS) is 17.1. The summed E-state index contributed by atoms with van der Waals surface area (Å²) in [5, 5.41) is 10.4. The highest BCUT2D eigenvalue weighted by atomic mass is 35.5. The summed E-state index contributed by atoms with van der Waals surface area (Å²) < 4.78 is 18.6. The van der Waals surface area contributed by atoms with Gasteiger partial charge in [0.2, 0.25) is 11.9 Å². The number of hydrogen-bond donors (Lipinski definition) is 3. The first kappa shape index (κ1) is 28.9. The Morgan fingerprint density at radius 2 is 1.93 bits per heavy atom. The van der Waals surface area contributed by atoms with Crippen molar-refractivity contribution in [1.29, 1.82) is 0 Å². The fourth-order valence-electron chi connectivity index (χ4n) is 5.16. The Labute approximate surface area is 245 Å². The molecule has 0 aliphatic carbocycles. The van der Waals surface area contributed by atoms with Crippen LogP contribution in [-0.2, 0) is 9.36 Å². The van der Waals surface area contributed by atoms with Crippen LogP contribution in [0.25, 0.3) is 0 Å². The number of nitrogens with zero attached hydrogens (tertiary/aromatic N) is 4. The molecule has 3 aromatic rings. The molecule has 2 saturated heterocycles. The van der Waals surface area contributed by atoms with E-state index < -0.39 is 7.14 Å². The van der Waals surface area contributed by atoms with Gasteiger partial charge in [-0.3, -0.25) is 9.69 Å². The largest absolute Gasteiger partial charge is 0.494 e. The first-order chi connectivity index (χ1) is 19.7. The number of nitrogens with one attached hydrogen (secondary N) is 3. The van der Waals surface area contributed by atoms with Gasteiger partial charge in [0.05, 0.1) is 36.1 Å². The maximum absolute atomic E-state index is 12.8. The molecule has 1 aromatic heterocycles. The van der Waals surface area contributed by atoms with Crippen LogP contribution in [-0.4, -0.2) is 73.4 Å². The van der Waals surface area contributed by atoms with Crippen LogP contribution in [0.1, 0.15) is 12.8 Å². The number of carbonyl (C=O) groups is 1. The molecule has 1 unspecified atom stereocenters. The molecule has 10 nitrogen and oxygen atoms in total. The van der Waals surface area contributed by atoms with E-state index in [-0.39, 0.29) is 11.9 Å². The maximum Gasteiger partial charge on any atom is 0.247 e. The number of aromatic nitrogens is 2. The van der Waals surface area contributed by atoms with E-state index in [1.807, 2.05) is 36.4 Å². The predicted molar refractivity (Wildman–Crippen MR) is 168 cm³/mol. The molecule has 0 spiro atoms. The number of ether oxygens (including phenoxy) is 1. The van der Waals surface area contributed by atoms with Gasteiger partial charge in [-0.05, 0) is 63.5 Å². The number of carbonyl (C=O) groups excluding carboxylic acids is 1. The Bertz CT molecular complexity index is 1510. The SMILES string of the molecule is C=CC(=O)Nc1cc(Nc2ncc(Cl)c(Nc3ccccc3P(C)(C)=O)n2)c(OC)cc1N1CCC(N2CCC2)C1.